The van der Waals surface area contributed by atoms with E-state index in [0.717, 1.165) is 5.56 Å². The number of sulfonamides is 1. The summed E-state index contributed by atoms with van der Waals surface area (Å²) in [7, 11) is -0.802. The first kappa shape index (κ1) is 29.9. The van der Waals surface area contributed by atoms with E-state index in [4.69, 9.17) is 9.47 Å². The summed E-state index contributed by atoms with van der Waals surface area (Å²) in [5.41, 5.74) is 1.90. The van der Waals surface area contributed by atoms with Gasteiger partial charge in [-0.2, -0.15) is 4.31 Å². The molecule has 2 heterocycles. The van der Waals surface area contributed by atoms with Crippen LogP contribution in [0.3, 0.4) is 0 Å². The standard InChI is InChI=1S/C30H34N4O6S/c1-21-18-34(22(2)20-35)41(37,38)29-11-10-24(9-8-23-12-14-31-15-13-23)16-27(29)40-28(21)19-33(3)30(36)32-25-6-5-7-26(17-25)39-4/h5-7,10-17,21-22,28,35H,18-20H2,1-4H3,(H,32,36)/t21-,22-,28-/m0/s1. The summed E-state index contributed by atoms with van der Waals surface area (Å²) in [6.07, 6.45) is 2.72. The lowest BCUT2D eigenvalue weighted by molar-refractivity contribution is 0.0830. The molecular formula is C30H34N4O6S. The van der Waals surface area contributed by atoms with Crippen molar-refractivity contribution in [2.45, 2.75) is 30.9 Å². The van der Waals surface area contributed by atoms with Gasteiger partial charge in [0, 0.05) is 60.8 Å². The predicted molar refractivity (Wildman–Crippen MR) is 155 cm³/mol. The number of nitrogens with zero attached hydrogens (tertiary/aromatic N) is 3. The molecule has 2 amide bonds. The van der Waals surface area contributed by atoms with Crippen molar-refractivity contribution in [3.63, 3.8) is 0 Å². The Bertz CT molecular complexity index is 1540. The molecule has 41 heavy (non-hydrogen) atoms. The fourth-order valence-electron chi connectivity index (χ4n) is 4.37. The van der Waals surface area contributed by atoms with Gasteiger partial charge in [-0.3, -0.25) is 4.98 Å². The number of methoxy groups -OCH3 is 1. The van der Waals surface area contributed by atoms with Crippen LogP contribution in [0, 0.1) is 17.8 Å². The number of aliphatic hydroxyl groups is 1. The molecule has 10 nitrogen and oxygen atoms in total. The molecule has 4 rings (SSSR count). The number of nitrogens with one attached hydrogen (secondary N) is 1. The van der Waals surface area contributed by atoms with Gasteiger partial charge >= 0.3 is 6.03 Å². The van der Waals surface area contributed by atoms with Crippen LogP contribution in [0.5, 0.6) is 11.5 Å². The van der Waals surface area contributed by atoms with E-state index in [-0.39, 0.29) is 42.3 Å². The van der Waals surface area contributed by atoms with Crippen molar-refractivity contribution in [1.29, 1.82) is 0 Å². The molecule has 1 aliphatic heterocycles. The molecule has 0 bridgehead atoms. The number of carbonyl (C=O) groups is 1. The lowest BCUT2D eigenvalue weighted by Gasteiger charge is -2.37. The van der Waals surface area contributed by atoms with Gasteiger partial charge in [0.2, 0.25) is 10.0 Å². The maximum absolute atomic E-state index is 13.7. The second kappa shape index (κ2) is 13.0. The highest BCUT2D eigenvalue weighted by atomic mass is 32.2. The van der Waals surface area contributed by atoms with Gasteiger partial charge in [0.1, 0.15) is 22.5 Å². The molecule has 0 fully saturated rings. The Morgan fingerprint density at radius 2 is 1.93 bits per heavy atom. The van der Waals surface area contributed by atoms with Crippen molar-refractivity contribution in [3.8, 4) is 23.3 Å². The van der Waals surface area contributed by atoms with Crippen molar-refractivity contribution < 1.29 is 27.8 Å². The summed E-state index contributed by atoms with van der Waals surface area (Å²) in [6.45, 7) is 3.45. The third-order valence-corrected chi connectivity index (χ3v) is 8.84. The van der Waals surface area contributed by atoms with Crippen molar-refractivity contribution in [3.05, 3.63) is 78.1 Å². The Balaban J connectivity index is 1.65. The summed E-state index contributed by atoms with van der Waals surface area (Å²) in [5, 5.41) is 12.7. The topological polar surface area (TPSA) is 121 Å². The fraction of sp³-hybridized carbons (Fsp3) is 0.333. The summed E-state index contributed by atoms with van der Waals surface area (Å²) < 4.78 is 40.3. The second-order valence-corrected chi connectivity index (χ2v) is 11.8. The van der Waals surface area contributed by atoms with Crippen LogP contribution >= 0.6 is 0 Å². The first-order valence-electron chi connectivity index (χ1n) is 13.1. The minimum atomic E-state index is -4.00. The molecule has 11 heteroatoms. The number of fused-ring (bicyclic) bond motifs is 1. The molecule has 1 aromatic heterocycles. The quantitative estimate of drug-likeness (QED) is 0.430. The van der Waals surface area contributed by atoms with Gasteiger partial charge in [0.25, 0.3) is 0 Å². The lowest BCUT2D eigenvalue weighted by Crippen LogP contribution is -2.50. The predicted octanol–water partition coefficient (Wildman–Crippen LogP) is 3.42. The number of rotatable bonds is 6. The molecule has 0 spiro atoms. The van der Waals surface area contributed by atoms with E-state index >= 15 is 0 Å². The molecule has 0 unspecified atom stereocenters. The molecule has 216 valence electrons. The Morgan fingerprint density at radius 1 is 1.20 bits per heavy atom. The molecule has 0 aliphatic carbocycles. The number of hydrogen-bond acceptors (Lipinski definition) is 7. The highest BCUT2D eigenvalue weighted by molar-refractivity contribution is 7.89. The number of aliphatic hydroxyl groups excluding tert-OH is 1. The van der Waals surface area contributed by atoms with Crippen LogP contribution in [-0.4, -0.2) is 79.7 Å². The molecular weight excluding hydrogens is 544 g/mol. The van der Waals surface area contributed by atoms with Crippen LogP contribution in [-0.2, 0) is 10.0 Å². The number of amides is 2. The maximum atomic E-state index is 13.7. The smallest absolute Gasteiger partial charge is 0.321 e. The SMILES string of the molecule is COc1cccc(NC(=O)N(C)C[C@@H]2Oc3cc(C#Cc4ccncc4)ccc3S(=O)(=O)N([C@@H](C)CO)C[C@@H]2C)c1. The minimum Gasteiger partial charge on any atom is -0.497 e. The van der Waals surface area contributed by atoms with Crippen molar-refractivity contribution in [1.82, 2.24) is 14.2 Å². The largest absolute Gasteiger partial charge is 0.497 e. The van der Waals surface area contributed by atoms with Gasteiger partial charge in [-0.15, -0.1) is 0 Å². The van der Waals surface area contributed by atoms with Crippen LogP contribution in [0.15, 0.2) is 71.9 Å². The van der Waals surface area contributed by atoms with Crippen LogP contribution in [0.25, 0.3) is 0 Å². The van der Waals surface area contributed by atoms with Gasteiger partial charge < -0.3 is 24.8 Å². The van der Waals surface area contributed by atoms with Crippen LogP contribution in [0.4, 0.5) is 10.5 Å². The Labute approximate surface area is 241 Å². The van der Waals surface area contributed by atoms with Gasteiger partial charge in [0.05, 0.1) is 20.3 Å². The molecule has 0 saturated heterocycles. The summed E-state index contributed by atoms with van der Waals surface area (Å²) in [6, 6.07) is 14.3. The fourth-order valence-corrected chi connectivity index (χ4v) is 6.20. The van der Waals surface area contributed by atoms with E-state index in [1.54, 1.807) is 82.0 Å². The first-order valence-corrected chi connectivity index (χ1v) is 14.6. The number of urea groups is 1. The molecule has 0 saturated carbocycles. The zero-order valence-corrected chi connectivity index (χ0v) is 24.3. The number of pyridine rings is 1. The van der Waals surface area contributed by atoms with E-state index in [9.17, 15) is 18.3 Å². The molecule has 0 radical (unpaired) electrons. The Kier molecular flexibility index (Phi) is 9.50. The second-order valence-electron chi connectivity index (χ2n) is 9.93. The van der Waals surface area contributed by atoms with Gasteiger partial charge in [-0.1, -0.05) is 24.8 Å². The maximum Gasteiger partial charge on any atom is 0.321 e. The first-order chi connectivity index (χ1) is 19.6. The van der Waals surface area contributed by atoms with Gasteiger partial charge in [-0.05, 0) is 49.4 Å². The third kappa shape index (κ3) is 7.16. The number of ether oxygens (including phenoxy) is 2. The average Bonchev–Trinajstić information content (AvgIpc) is 2.97. The number of anilines is 1. The number of benzene rings is 2. The summed E-state index contributed by atoms with van der Waals surface area (Å²) in [4.78, 5) is 18.5. The molecule has 2 aromatic carbocycles. The monoisotopic (exact) mass is 578 g/mol. The minimum absolute atomic E-state index is 0.0207. The molecule has 1 aliphatic rings. The van der Waals surface area contributed by atoms with Crippen molar-refractivity contribution in [2.75, 3.05) is 39.2 Å². The number of likely N-dealkylation sites (N-methyl/N-ethyl adjacent to an activating group) is 1. The third-order valence-electron chi connectivity index (χ3n) is 6.82. The van der Waals surface area contributed by atoms with Crippen molar-refractivity contribution >= 4 is 21.7 Å². The zero-order valence-electron chi connectivity index (χ0n) is 23.4. The lowest BCUT2D eigenvalue weighted by atomic mass is 10.0. The van der Waals surface area contributed by atoms with Gasteiger partial charge in [-0.25, -0.2) is 13.2 Å². The van der Waals surface area contributed by atoms with E-state index in [0.29, 0.717) is 17.0 Å². The number of aromatic nitrogens is 1. The van der Waals surface area contributed by atoms with E-state index in [1.807, 2.05) is 6.92 Å². The summed E-state index contributed by atoms with van der Waals surface area (Å²) in [5.74, 6) is 6.52. The highest BCUT2D eigenvalue weighted by Crippen LogP contribution is 2.34. The average molecular weight is 579 g/mol. The Morgan fingerprint density at radius 3 is 2.63 bits per heavy atom. The van der Waals surface area contributed by atoms with E-state index in [2.05, 4.69) is 22.1 Å². The van der Waals surface area contributed by atoms with Crippen molar-refractivity contribution in [2.24, 2.45) is 5.92 Å². The van der Waals surface area contributed by atoms with Crippen LogP contribution in [0.2, 0.25) is 0 Å². The molecule has 2 N–H and O–H groups in total. The number of carbonyl (C=O) groups excluding carboxylic acids is 1. The van der Waals surface area contributed by atoms with E-state index in [1.165, 1.54) is 15.3 Å². The normalized spacial score (nSPS) is 18.8. The zero-order chi connectivity index (χ0) is 29.6. The van der Waals surface area contributed by atoms with Gasteiger partial charge in [0.15, 0.2) is 0 Å². The van der Waals surface area contributed by atoms with Crippen LogP contribution in [0.1, 0.15) is 25.0 Å². The number of hydrogen-bond donors (Lipinski definition) is 2. The summed E-state index contributed by atoms with van der Waals surface area (Å²) >= 11 is 0. The Hall–Kier alpha value is -4.11. The highest BCUT2D eigenvalue weighted by Gasteiger charge is 2.38. The molecule has 3 atom stereocenters. The van der Waals surface area contributed by atoms with E-state index < -0.39 is 22.2 Å². The van der Waals surface area contributed by atoms with Crippen LogP contribution < -0.4 is 14.8 Å². The molecule has 3 aromatic rings.